The maximum Gasteiger partial charge on any atom is 0.251 e. The normalized spacial score (nSPS) is 16.1. The molecule has 2 N–H and O–H groups in total. The van der Waals surface area contributed by atoms with Crippen LogP contribution in [0.5, 0.6) is 0 Å². The number of benzene rings is 2. The second kappa shape index (κ2) is 9.77. The van der Waals surface area contributed by atoms with Crippen molar-refractivity contribution in [2.75, 3.05) is 5.01 Å². The molecule has 2 unspecified atom stereocenters. The highest BCUT2D eigenvalue weighted by atomic mass is 16.2. The average molecular weight is 422 g/mol. The fraction of sp³-hybridized carbons (Fsp3) is 0.400. The molecule has 1 fully saturated rings. The van der Waals surface area contributed by atoms with Crippen LogP contribution in [0.1, 0.15) is 80.4 Å². The Kier molecular flexibility index (Phi) is 7.10. The van der Waals surface area contributed by atoms with Crippen molar-refractivity contribution >= 4 is 23.4 Å². The minimum atomic E-state index is -0.194. The van der Waals surface area contributed by atoms with Gasteiger partial charge in [0, 0.05) is 18.4 Å². The van der Waals surface area contributed by atoms with Gasteiger partial charge in [0.2, 0.25) is 11.8 Å². The predicted octanol–water partition coefficient (Wildman–Crippen LogP) is 4.49. The number of amides is 3. The van der Waals surface area contributed by atoms with Crippen molar-refractivity contribution in [2.45, 2.75) is 58.9 Å². The van der Waals surface area contributed by atoms with Crippen LogP contribution in [0.15, 0.2) is 48.5 Å². The number of carbonyl (C=O) groups excluding carboxylic acids is 3. The molecule has 2 aromatic carbocycles. The summed E-state index contributed by atoms with van der Waals surface area (Å²) < 4.78 is 0. The zero-order valence-electron chi connectivity index (χ0n) is 18.6. The highest BCUT2D eigenvalue weighted by molar-refractivity contribution is 6.01. The molecule has 0 radical (unpaired) electrons. The largest absolute Gasteiger partial charge is 0.345 e. The van der Waals surface area contributed by atoms with E-state index in [2.05, 4.69) is 62.7 Å². The number of hydrazine groups is 1. The van der Waals surface area contributed by atoms with Gasteiger partial charge < -0.3 is 5.32 Å². The van der Waals surface area contributed by atoms with Crippen LogP contribution in [0.3, 0.4) is 0 Å². The standard InChI is InChI=1S/C25H31N3O3/c1-5-17(4)18-6-8-19(9-7-18)24(16(2)3)26-25(31)20-10-12-21(13-11-20)28-23(30)15-14-22(29)27-28/h6-13,16-17,24H,5,14-15H2,1-4H3,(H,26,31)(H,27,29). The molecule has 6 nitrogen and oxygen atoms in total. The second-order valence-corrected chi connectivity index (χ2v) is 8.48. The number of rotatable bonds is 7. The molecule has 3 amide bonds. The summed E-state index contributed by atoms with van der Waals surface area (Å²) in [7, 11) is 0. The van der Waals surface area contributed by atoms with Crippen molar-refractivity contribution in [3.05, 3.63) is 65.2 Å². The topological polar surface area (TPSA) is 78.5 Å². The van der Waals surface area contributed by atoms with Crippen molar-refractivity contribution in [3.8, 4) is 0 Å². The molecule has 164 valence electrons. The molecule has 6 heteroatoms. The summed E-state index contributed by atoms with van der Waals surface area (Å²) in [6.07, 6.45) is 1.47. The Morgan fingerprint density at radius 1 is 0.968 bits per heavy atom. The van der Waals surface area contributed by atoms with E-state index in [0.717, 1.165) is 12.0 Å². The van der Waals surface area contributed by atoms with Gasteiger partial charge in [-0.1, -0.05) is 52.0 Å². The summed E-state index contributed by atoms with van der Waals surface area (Å²) in [5.41, 5.74) is 5.98. The summed E-state index contributed by atoms with van der Waals surface area (Å²) >= 11 is 0. The lowest BCUT2D eigenvalue weighted by Gasteiger charge is -2.27. The Morgan fingerprint density at radius 2 is 1.58 bits per heavy atom. The van der Waals surface area contributed by atoms with Gasteiger partial charge in [-0.05, 0) is 53.6 Å². The van der Waals surface area contributed by atoms with E-state index in [9.17, 15) is 14.4 Å². The molecule has 0 spiro atoms. The number of hydrogen-bond donors (Lipinski definition) is 2. The number of hydrogen-bond acceptors (Lipinski definition) is 3. The molecule has 0 aliphatic carbocycles. The minimum Gasteiger partial charge on any atom is -0.345 e. The number of anilines is 1. The van der Waals surface area contributed by atoms with Gasteiger partial charge >= 0.3 is 0 Å². The second-order valence-electron chi connectivity index (χ2n) is 8.48. The third-order valence-corrected chi connectivity index (χ3v) is 5.87. The lowest BCUT2D eigenvalue weighted by Crippen LogP contribution is -2.50. The van der Waals surface area contributed by atoms with Gasteiger partial charge in [0.25, 0.3) is 5.91 Å². The molecule has 1 heterocycles. The summed E-state index contributed by atoms with van der Waals surface area (Å²) in [6.45, 7) is 8.56. The molecule has 1 aliphatic rings. The summed E-state index contributed by atoms with van der Waals surface area (Å²) in [6, 6.07) is 15.0. The zero-order chi connectivity index (χ0) is 22.5. The number of nitrogens with zero attached hydrogens (tertiary/aromatic N) is 1. The first kappa shape index (κ1) is 22.5. The van der Waals surface area contributed by atoms with Gasteiger partial charge in [0.15, 0.2) is 0 Å². The molecule has 31 heavy (non-hydrogen) atoms. The Balaban J connectivity index is 1.72. The average Bonchev–Trinajstić information content (AvgIpc) is 2.78. The van der Waals surface area contributed by atoms with Crippen LogP contribution in [0, 0.1) is 5.92 Å². The van der Waals surface area contributed by atoms with Crippen molar-refractivity contribution in [1.82, 2.24) is 10.7 Å². The van der Waals surface area contributed by atoms with Crippen LogP contribution in [0.4, 0.5) is 5.69 Å². The van der Waals surface area contributed by atoms with Crippen molar-refractivity contribution in [1.29, 1.82) is 0 Å². The van der Waals surface area contributed by atoms with Crippen molar-refractivity contribution in [2.24, 2.45) is 5.92 Å². The number of nitrogens with one attached hydrogen (secondary N) is 2. The van der Waals surface area contributed by atoms with E-state index in [1.807, 2.05) is 0 Å². The van der Waals surface area contributed by atoms with Crippen LogP contribution in [-0.4, -0.2) is 17.7 Å². The molecule has 0 aromatic heterocycles. The smallest absolute Gasteiger partial charge is 0.251 e. The Hall–Kier alpha value is -3.15. The summed E-state index contributed by atoms with van der Waals surface area (Å²) in [5, 5.41) is 4.38. The molecule has 0 saturated carbocycles. The first-order valence-electron chi connectivity index (χ1n) is 10.9. The van der Waals surface area contributed by atoms with Crippen LogP contribution in [0.25, 0.3) is 0 Å². The van der Waals surface area contributed by atoms with E-state index in [0.29, 0.717) is 17.2 Å². The fourth-order valence-electron chi connectivity index (χ4n) is 3.67. The van der Waals surface area contributed by atoms with E-state index in [-0.39, 0.29) is 42.5 Å². The third-order valence-electron chi connectivity index (χ3n) is 5.87. The molecule has 2 aromatic rings. The quantitative estimate of drug-likeness (QED) is 0.692. The fourth-order valence-corrected chi connectivity index (χ4v) is 3.67. The molecule has 0 bridgehead atoms. The zero-order valence-corrected chi connectivity index (χ0v) is 18.6. The SMILES string of the molecule is CCC(C)c1ccc(C(NC(=O)c2ccc(N3NC(=O)CCC3=O)cc2)C(C)C)cc1. The lowest BCUT2D eigenvalue weighted by atomic mass is 9.92. The van der Waals surface area contributed by atoms with Gasteiger partial charge in [-0.15, -0.1) is 0 Å². The van der Waals surface area contributed by atoms with E-state index in [4.69, 9.17) is 0 Å². The van der Waals surface area contributed by atoms with Gasteiger partial charge in [-0.25, -0.2) is 5.01 Å². The number of carbonyl (C=O) groups is 3. The molecule has 1 aliphatic heterocycles. The van der Waals surface area contributed by atoms with Crippen LogP contribution in [-0.2, 0) is 9.59 Å². The van der Waals surface area contributed by atoms with E-state index < -0.39 is 0 Å². The lowest BCUT2D eigenvalue weighted by molar-refractivity contribution is -0.130. The maximum atomic E-state index is 12.9. The third kappa shape index (κ3) is 5.32. The van der Waals surface area contributed by atoms with Gasteiger partial charge in [-0.2, -0.15) is 0 Å². The van der Waals surface area contributed by atoms with Crippen molar-refractivity contribution < 1.29 is 14.4 Å². The maximum absolute atomic E-state index is 12.9. The molecule has 1 saturated heterocycles. The van der Waals surface area contributed by atoms with Crippen LogP contribution >= 0.6 is 0 Å². The van der Waals surface area contributed by atoms with Crippen molar-refractivity contribution in [3.63, 3.8) is 0 Å². The first-order chi connectivity index (χ1) is 14.8. The highest BCUT2D eigenvalue weighted by Gasteiger charge is 2.25. The summed E-state index contributed by atoms with van der Waals surface area (Å²) in [5.74, 6) is 0.193. The Labute approximate surface area is 184 Å². The molecule has 2 atom stereocenters. The van der Waals surface area contributed by atoms with Gasteiger partial charge in [0.05, 0.1) is 11.7 Å². The monoisotopic (exact) mass is 421 g/mol. The van der Waals surface area contributed by atoms with Gasteiger partial charge in [0.1, 0.15) is 0 Å². The van der Waals surface area contributed by atoms with E-state index in [1.54, 1.807) is 24.3 Å². The Bertz CT molecular complexity index is 935. The minimum absolute atomic E-state index is 0.110. The van der Waals surface area contributed by atoms with Crippen LogP contribution in [0.2, 0.25) is 0 Å². The molecular weight excluding hydrogens is 390 g/mol. The first-order valence-corrected chi connectivity index (χ1v) is 10.9. The van der Waals surface area contributed by atoms with E-state index >= 15 is 0 Å². The van der Waals surface area contributed by atoms with Gasteiger partial charge in [-0.3, -0.25) is 19.8 Å². The molecule has 3 rings (SSSR count). The summed E-state index contributed by atoms with van der Waals surface area (Å²) in [4.78, 5) is 36.5. The molecular formula is C25H31N3O3. The predicted molar refractivity (Wildman–Crippen MR) is 121 cm³/mol. The Morgan fingerprint density at radius 3 is 2.16 bits per heavy atom. The van der Waals surface area contributed by atoms with Crippen LogP contribution < -0.4 is 15.8 Å². The van der Waals surface area contributed by atoms with E-state index in [1.165, 1.54) is 10.6 Å². The highest BCUT2D eigenvalue weighted by Crippen LogP contribution is 2.26.